The molecule has 138 valence electrons. The van der Waals surface area contributed by atoms with Crippen LogP contribution in [0.2, 0.25) is 10.0 Å². The Hall–Kier alpha value is -2.06. The number of carbonyl (C=O) groups is 2. The topological polar surface area (TPSA) is 72.6 Å². The van der Waals surface area contributed by atoms with E-state index < -0.39 is 5.91 Å². The highest BCUT2D eigenvalue weighted by Gasteiger charge is 2.33. The van der Waals surface area contributed by atoms with Gasteiger partial charge < -0.3 is 10.5 Å². The minimum atomic E-state index is -0.551. The molecule has 3 rings (SSSR count). The van der Waals surface area contributed by atoms with Crippen LogP contribution in [0.1, 0.15) is 5.56 Å². The molecule has 0 aromatic heterocycles. The van der Waals surface area contributed by atoms with Gasteiger partial charge in [0.15, 0.2) is 10.9 Å². The highest BCUT2D eigenvalue weighted by atomic mass is 35.5. The molecule has 2 aromatic rings. The summed E-state index contributed by atoms with van der Waals surface area (Å²) in [5.41, 5.74) is 6.39. The molecule has 27 heavy (non-hydrogen) atoms. The number of anilines is 1. The normalized spacial score (nSPS) is 15.5. The zero-order valence-corrected chi connectivity index (χ0v) is 16.8. The number of nitrogens with zero attached hydrogens (tertiary/aromatic N) is 1. The Labute approximate surface area is 175 Å². The maximum Gasteiger partial charge on any atom is 0.270 e. The average Bonchev–Trinajstić information content (AvgIpc) is 2.90. The van der Waals surface area contributed by atoms with E-state index in [1.807, 2.05) is 0 Å². The first-order valence-corrected chi connectivity index (χ1v) is 9.57. The third-order valence-corrected chi connectivity index (χ3v) is 5.56. The van der Waals surface area contributed by atoms with Gasteiger partial charge in [-0.1, -0.05) is 59.3 Å². The molecule has 0 atom stereocenters. The van der Waals surface area contributed by atoms with E-state index in [4.69, 9.17) is 45.9 Å². The van der Waals surface area contributed by atoms with Gasteiger partial charge in [-0.2, -0.15) is 0 Å². The molecule has 5 nitrogen and oxygen atoms in total. The highest BCUT2D eigenvalue weighted by molar-refractivity contribution is 8.27. The Morgan fingerprint density at radius 1 is 1.19 bits per heavy atom. The SMILES string of the molecule is NC(=O)COc1ccc(/C=C2/SC(=S)N(c3ccc(Cl)c(Cl)c3)C2=O)cc1. The lowest BCUT2D eigenvalue weighted by atomic mass is 10.2. The minimum absolute atomic E-state index is 0.193. The van der Waals surface area contributed by atoms with Crippen LogP contribution < -0.4 is 15.4 Å². The second-order valence-corrected chi connectivity index (χ2v) is 7.93. The number of carbonyl (C=O) groups excluding carboxylic acids is 2. The number of hydrogen-bond acceptors (Lipinski definition) is 5. The van der Waals surface area contributed by atoms with Crippen molar-refractivity contribution in [2.24, 2.45) is 5.73 Å². The number of rotatable bonds is 5. The third kappa shape index (κ3) is 4.62. The predicted molar refractivity (Wildman–Crippen MR) is 113 cm³/mol. The molecule has 1 fully saturated rings. The summed E-state index contributed by atoms with van der Waals surface area (Å²) >= 11 is 18.5. The van der Waals surface area contributed by atoms with Crippen molar-refractivity contribution in [2.75, 3.05) is 11.5 Å². The number of thiocarbonyl (C=S) groups is 1. The summed E-state index contributed by atoms with van der Waals surface area (Å²) in [7, 11) is 0. The molecule has 9 heteroatoms. The van der Waals surface area contributed by atoms with Crippen molar-refractivity contribution in [3.8, 4) is 5.75 Å². The number of ether oxygens (including phenoxy) is 1. The maximum atomic E-state index is 12.8. The second kappa shape index (κ2) is 8.31. The molecule has 0 unspecified atom stereocenters. The van der Waals surface area contributed by atoms with Crippen LogP contribution in [0, 0.1) is 0 Å². The van der Waals surface area contributed by atoms with Crippen molar-refractivity contribution in [3.63, 3.8) is 0 Å². The lowest BCUT2D eigenvalue weighted by molar-refractivity contribution is -0.120. The van der Waals surface area contributed by atoms with Crippen LogP contribution in [0.4, 0.5) is 5.69 Å². The predicted octanol–water partition coefficient (Wildman–Crippen LogP) is 4.26. The van der Waals surface area contributed by atoms with Crippen molar-refractivity contribution in [1.82, 2.24) is 0 Å². The molecule has 0 spiro atoms. The molecular weight excluding hydrogens is 427 g/mol. The number of thioether (sulfide) groups is 1. The standard InChI is InChI=1S/C18H12Cl2N2O3S2/c19-13-6-3-11(8-14(13)20)22-17(24)15(27-18(22)26)7-10-1-4-12(5-2-10)25-9-16(21)23/h1-8H,9H2,(H2,21,23)/b15-7+. The van der Waals surface area contributed by atoms with Crippen LogP contribution in [0.25, 0.3) is 6.08 Å². The van der Waals surface area contributed by atoms with Gasteiger partial charge in [-0.05, 0) is 42.0 Å². The van der Waals surface area contributed by atoms with Gasteiger partial charge in [0.1, 0.15) is 5.75 Å². The molecule has 0 aliphatic carbocycles. The van der Waals surface area contributed by atoms with Gasteiger partial charge in [0.25, 0.3) is 11.8 Å². The number of halogens is 2. The molecule has 2 aromatic carbocycles. The summed E-state index contributed by atoms with van der Waals surface area (Å²) in [6, 6.07) is 11.8. The van der Waals surface area contributed by atoms with E-state index >= 15 is 0 Å². The van der Waals surface area contributed by atoms with E-state index in [-0.39, 0.29) is 12.5 Å². The Morgan fingerprint density at radius 3 is 2.52 bits per heavy atom. The zero-order chi connectivity index (χ0) is 19.6. The highest BCUT2D eigenvalue weighted by Crippen LogP contribution is 2.38. The fourth-order valence-electron chi connectivity index (χ4n) is 2.28. The minimum Gasteiger partial charge on any atom is -0.484 e. The summed E-state index contributed by atoms with van der Waals surface area (Å²) in [5, 5.41) is 0.749. The molecule has 2 N–H and O–H groups in total. The summed E-state index contributed by atoms with van der Waals surface area (Å²) < 4.78 is 5.62. The van der Waals surface area contributed by atoms with Crippen LogP contribution in [-0.4, -0.2) is 22.7 Å². The molecule has 1 aliphatic heterocycles. The van der Waals surface area contributed by atoms with Gasteiger partial charge in [-0.15, -0.1) is 0 Å². The Morgan fingerprint density at radius 2 is 1.89 bits per heavy atom. The molecule has 1 saturated heterocycles. The van der Waals surface area contributed by atoms with Crippen LogP contribution in [0.5, 0.6) is 5.75 Å². The Kier molecular flexibility index (Phi) is 6.06. The van der Waals surface area contributed by atoms with Gasteiger partial charge in [0, 0.05) is 0 Å². The molecule has 1 heterocycles. The van der Waals surface area contributed by atoms with Gasteiger partial charge in [0.05, 0.1) is 20.6 Å². The molecular formula is C18H12Cl2N2O3S2. The monoisotopic (exact) mass is 438 g/mol. The number of nitrogens with two attached hydrogens (primary N) is 1. The van der Waals surface area contributed by atoms with Crippen molar-refractivity contribution in [3.05, 3.63) is 63.0 Å². The van der Waals surface area contributed by atoms with E-state index in [2.05, 4.69) is 0 Å². The van der Waals surface area contributed by atoms with Crippen LogP contribution in [0.15, 0.2) is 47.4 Å². The summed E-state index contributed by atoms with van der Waals surface area (Å²) in [4.78, 5) is 25.4. The van der Waals surface area contributed by atoms with E-state index in [1.54, 1.807) is 48.5 Å². The smallest absolute Gasteiger partial charge is 0.270 e. The van der Waals surface area contributed by atoms with Gasteiger partial charge in [-0.25, -0.2) is 0 Å². The largest absolute Gasteiger partial charge is 0.484 e. The van der Waals surface area contributed by atoms with E-state index in [9.17, 15) is 9.59 Å². The zero-order valence-electron chi connectivity index (χ0n) is 13.6. The number of benzene rings is 2. The van der Waals surface area contributed by atoms with Crippen LogP contribution in [0.3, 0.4) is 0 Å². The number of amides is 2. The Balaban J connectivity index is 1.79. The molecule has 0 saturated carbocycles. The lowest BCUT2D eigenvalue weighted by Gasteiger charge is -2.15. The van der Waals surface area contributed by atoms with Crippen molar-refractivity contribution < 1.29 is 14.3 Å². The second-order valence-electron chi connectivity index (χ2n) is 5.44. The van der Waals surface area contributed by atoms with Crippen molar-refractivity contribution in [1.29, 1.82) is 0 Å². The van der Waals surface area contributed by atoms with Crippen LogP contribution >= 0.6 is 47.2 Å². The third-order valence-electron chi connectivity index (χ3n) is 3.51. The molecule has 2 amide bonds. The molecule has 0 radical (unpaired) electrons. The first-order chi connectivity index (χ1) is 12.8. The van der Waals surface area contributed by atoms with Gasteiger partial charge in [-0.3, -0.25) is 14.5 Å². The molecule has 0 bridgehead atoms. The van der Waals surface area contributed by atoms with Gasteiger partial charge in [0.2, 0.25) is 0 Å². The van der Waals surface area contributed by atoms with Crippen molar-refractivity contribution >= 4 is 75.1 Å². The van der Waals surface area contributed by atoms with Crippen LogP contribution in [-0.2, 0) is 9.59 Å². The summed E-state index contributed by atoms with van der Waals surface area (Å²) in [5.74, 6) is -0.281. The quantitative estimate of drug-likeness (QED) is 0.557. The first-order valence-electron chi connectivity index (χ1n) is 7.59. The number of hydrogen-bond donors (Lipinski definition) is 1. The fourth-order valence-corrected chi connectivity index (χ4v) is 3.87. The fraction of sp³-hybridized carbons (Fsp3) is 0.0556. The Bertz CT molecular complexity index is 962. The summed E-state index contributed by atoms with van der Waals surface area (Å²) in [6.45, 7) is -0.193. The van der Waals surface area contributed by atoms with E-state index in [1.165, 1.54) is 16.7 Å². The van der Waals surface area contributed by atoms with Gasteiger partial charge >= 0.3 is 0 Å². The van der Waals surface area contributed by atoms with E-state index in [0.29, 0.717) is 30.7 Å². The van der Waals surface area contributed by atoms with Crippen molar-refractivity contribution in [2.45, 2.75) is 0 Å². The summed E-state index contributed by atoms with van der Waals surface area (Å²) in [6.07, 6.45) is 1.73. The number of primary amides is 1. The average molecular weight is 439 g/mol. The lowest BCUT2D eigenvalue weighted by Crippen LogP contribution is -2.27. The van der Waals surface area contributed by atoms with E-state index in [0.717, 1.165) is 5.56 Å². The maximum absolute atomic E-state index is 12.8. The molecule has 1 aliphatic rings. The first kappa shape index (κ1) is 19.7.